The minimum Gasteiger partial charge on any atom is -0.370 e. The zero-order valence-corrected chi connectivity index (χ0v) is 17.6. The molecule has 0 bridgehead atoms. The molecular weight excluding hydrogens is 390 g/mol. The second-order valence-electron chi connectivity index (χ2n) is 6.77. The van der Waals surface area contributed by atoms with Crippen molar-refractivity contribution in [3.05, 3.63) is 78.4 Å². The quantitative estimate of drug-likeness (QED) is 0.531. The number of hydrogen-bond acceptors (Lipinski definition) is 3. The molecule has 0 spiro atoms. The van der Waals surface area contributed by atoms with Gasteiger partial charge in [-0.15, -0.1) is 0 Å². The van der Waals surface area contributed by atoms with E-state index in [9.17, 15) is 9.59 Å². The van der Waals surface area contributed by atoms with Crippen LogP contribution in [0.2, 0.25) is 0 Å². The van der Waals surface area contributed by atoms with Crippen LogP contribution < -0.4 is 16.4 Å². The third kappa shape index (κ3) is 6.82. The maximum atomic E-state index is 11.8. The Labute approximate surface area is 182 Å². The summed E-state index contributed by atoms with van der Waals surface area (Å²) in [6, 6.07) is 23.8. The minimum absolute atomic E-state index is 0.238. The number of urea groups is 1. The van der Waals surface area contributed by atoms with Crippen LogP contribution in [-0.2, 0) is 16.0 Å². The SMILES string of the molecule is C=O.CCNC(=O)Nc1cccc(-c2ccc(-c3ccccc3)cc2CCC(N)=O)c1. The molecule has 4 N–H and O–H groups in total. The molecule has 3 aromatic carbocycles. The van der Waals surface area contributed by atoms with E-state index in [-0.39, 0.29) is 18.4 Å². The third-order valence-corrected chi connectivity index (χ3v) is 4.62. The maximum absolute atomic E-state index is 11.8. The lowest BCUT2D eigenvalue weighted by atomic mass is 9.92. The van der Waals surface area contributed by atoms with Gasteiger partial charge in [0.05, 0.1) is 0 Å². The normalized spacial score (nSPS) is 9.84. The Kier molecular flexibility index (Phi) is 8.98. The number of benzene rings is 3. The fourth-order valence-electron chi connectivity index (χ4n) is 3.25. The first-order valence-electron chi connectivity index (χ1n) is 9.97. The number of nitrogens with one attached hydrogen (secondary N) is 2. The molecule has 0 aromatic heterocycles. The van der Waals surface area contributed by atoms with Gasteiger partial charge in [-0.3, -0.25) is 4.79 Å². The Bertz CT molecular complexity index is 1020. The number of nitrogens with two attached hydrogens (primary N) is 1. The first-order chi connectivity index (χ1) is 15.1. The van der Waals surface area contributed by atoms with Gasteiger partial charge in [0.25, 0.3) is 0 Å². The van der Waals surface area contributed by atoms with Gasteiger partial charge in [0.15, 0.2) is 0 Å². The van der Waals surface area contributed by atoms with Gasteiger partial charge in [-0.25, -0.2) is 4.79 Å². The van der Waals surface area contributed by atoms with E-state index in [1.807, 2.05) is 56.2 Å². The average molecular weight is 418 g/mol. The summed E-state index contributed by atoms with van der Waals surface area (Å²) in [7, 11) is 0. The Morgan fingerprint density at radius 2 is 1.58 bits per heavy atom. The summed E-state index contributed by atoms with van der Waals surface area (Å²) in [5, 5.41) is 5.56. The molecule has 31 heavy (non-hydrogen) atoms. The Balaban J connectivity index is 0.00000166. The lowest BCUT2D eigenvalue weighted by Gasteiger charge is -2.14. The molecule has 0 aliphatic heterocycles. The van der Waals surface area contributed by atoms with Gasteiger partial charge in [0, 0.05) is 18.7 Å². The summed E-state index contributed by atoms with van der Waals surface area (Å²) in [6.45, 7) is 4.43. The number of rotatable bonds is 7. The molecule has 6 nitrogen and oxygen atoms in total. The van der Waals surface area contributed by atoms with Crippen LogP contribution in [0.5, 0.6) is 0 Å². The van der Waals surface area contributed by atoms with Crippen LogP contribution in [0.1, 0.15) is 18.9 Å². The molecule has 160 valence electrons. The molecule has 3 aromatic rings. The number of carbonyl (C=O) groups is 3. The molecular formula is C25H27N3O3. The second kappa shape index (κ2) is 11.9. The van der Waals surface area contributed by atoms with Crippen molar-refractivity contribution in [2.45, 2.75) is 19.8 Å². The molecule has 0 saturated heterocycles. The lowest BCUT2D eigenvalue weighted by Crippen LogP contribution is -2.28. The standard InChI is InChI=1S/C24H25N3O2.CH2O/c1-2-26-24(29)27-21-10-6-9-19(16-21)22-13-11-18(17-7-4-3-5-8-17)15-20(22)12-14-23(25)28;1-2/h3-11,13,15-16H,2,12,14H2,1H3,(H2,25,28)(H2,26,27,29);1H2. The summed E-state index contributed by atoms with van der Waals surface area (Å²) in [6.07, 6.45) is 0.835. The monoisotopic (exact) mass is 417 g/mol. The maximum Gasteiger partial charge on any atom is 0.319 e. The van der Waals surface area contributed by atoms with Crippen molar-refractivity contribution >= 4 is 24.4 Å². The fraction of sp³-hybridized carbons (Fsp3) is 0.160. The largest absolute Gasteiger partial charge is 0.370 e. The molecule has 0 unspecified atom stereocenters. The average Bonchev–Trinajstić information content (AvgIpc) is 2.80. The highest BCUT2D eigenvalue weighted by Crippen LogP contribution is 2.31. The van der Waals surface area contributed by atoms with Gasteiger partial charge in [-0.2, -0.15) is 0 Å². The van der Waals surface area contributed by atoms with Crippen LogP contribution in [0.15, 0.2) is 72.8 Å². The molecule has 0 aliphatic rings. The van der Waals surface area contributed by atoms with Crippen molar-refractivity contribution in [2.24, 2.45) is 5.73 Å². The van der Waals surface area contributed by atoms with Gasteiger partial charge in [-0.05, 0) is 53.3 Å². The van der Waals surface area contributed by atoms with Gasteiger partial charge in [-0.1, -0.05) is 60.7 Å². The van der Waals surface area contributed by atoms with Crippen LogP contribution >= 0.6 is 0 Å². The van der Waals surface area contributed by atoms with Crippen LogP contribution in [-0.4, -0.2) is 25.3 Å². The van der Waals surface area contributed by atoms with E-state index in [4.69, 9.17) is 10.5 Å². The topological polar surface area (TPSA) is 101 Å². The third-order valence-electron chi connectivity index (χ3n) is 4.62. The number of anilines is 1. The molecule has 0 atom stereocenters. The van der Waals surface area contributed by atoms with Crippen LogP contribution in [0.4, 0.5) is 10.5 Å². The fourth-order valence-corrected chi connectivity index (χ4v) is 3.25. The van der Waals surface area contributed by atoms with Crippen molar-refractivity contribution in [1.29, 1.82) is 0 Å². The van der Waals surface area contributed by atoms with Crippen molar-refractivity contribution in [3.63, 3.8) is 0 Å². The van der Waals surface area contributed by atoms with Crippen molar-refractivity contribution in [1.82, 2.24) is 5.32 Å². The van der Waals surface area contributed by atoms with Crippen molar-refractivity contribution in [3.8, 4) is 22.3 Å². The predicted octanol–water partition coefficient (Wildman–Crippen LogP) is 4.40. The molecule has 3 rings (SSSR count). The summed E-state index contributed by atoms with van der Waals surface area (Å²) >= 11 is 0. The van der Waals surface area contributed by atoms with E-state index in [1.165, 1.54) is 0 Å². The highest BCUT2D eigenvalue weighted by atomic mass is 16.2. The van der Waals surface area contributed by atoms with E-state index in [2.05, 4.69) is 41.0 Å². The summed E-state index contributed by atoms with van der Waals surface area (Å²) in [5.41, 5.74) is 11.3. The summed E-state index contributed by atoms with van der Waals surface area (Å²) < 4.78 is 0. The predicted molar refractivity (Wildman–Crippen MR) is 125 cm³/mol. The first kappa shape index (κ1) is 23.3. The molecule has 3 amide bonds. The minimum atomic E-state index is -0.326. The van der Waals surface area contributed by atoms with Crippen molar-refractivity contribution in [2.75, 3.05) is 11.9 Å². The molecule has 0 heterocycles. The number of hydrogen-bond donors (Lipinski definition) is 3. The Hall–Kier alpha value is -3.93. The van der Waals surface area contributed by atoms with E-state index < -0.39 is 0 Å². The summed E-state index contributed by atoms with van der Waals surface area (Å²) in [4.78, 5) is 31.2. The number of amides is 3. The van der Waals surface area contributed by atoms with E-state index >= 15 is 0 Å². The van der Waals surface area contributed by atoms with Crippen LogP contribution in [0.25, 0.3) is 22.3 Å². The van der Waals surface area contributed by atoms with Crippen molar-refractivity contribution < 1.29 is 14.4 Å². The number of aryl methyl sites for hydroxylation is 1. The van der Waals surface area contributed by atoms with Crippen LogP contribution in [0, 0.1) is 0 Å². The van der Waals surface area contributed by atoms with Gasteiger partial charge in [0.2, 0.25) is 5.91 Å². The molecule has 0 aliphatic carbocycles. The molecule has 6 heteroatoms. The highest BCUT2D eigenvalue weighted by Gasteiger charge is 2.10. The van der Waals surface area contributed by atoms with Gasteiger partial charge < -0.3 is 21.2 Å². The van der Waals surface area contributed by atoms with E-state index in [0.29, 0.717) is 18.7 Å². The summed E-state index contributed by atoms with van der Waals surface area (Å²) in [5.74, 6) is -0.326. The lowest BCUT2D eigenvalue weighted by molar-refractivity contribution is -0.118. The van der Waals surface area contributed by atoms with Gasteiger partial charge in [0.1, 0.15) is 6.79 Å². The second-order valence-corrected chi connectivity index (χ2v) is 6.77. The highest BCUT2D eigenvalue weighted by molar-refractivity contribution is 5.90. The Morgan fingerprint density at radius 1 is 0.871 bits per heavy atom. The Morgan fingerprint density at radius 3 is 2.26 bits per heavy atom. The zero-order chi connectivity index (χ0) is 22.6. The zero-order valence-electron chi connectivity index (χ0n) is 17.6. The first-order valence-corrected chi connectivity index (χ1v) is 9.97. The van der Waals surface area contributed by atoms with Crippen LogP contribution in [0.3, 0.4) is 0 Å². The van der Waals surface area contributed by atoms with E-state index in [1.54, 1.807) is 0 Å². The molecule has 0 saturated carbocycles. The van der Waals surface area contributed by atoms with Gasteiger partial charge >= 0.3 is 6.03 Å². The number of carbonyl (C=O) groups excluding carboxylic acids is 3. The molecule has 0 radical (unpaired) electrons. The number of primary amides is 1. The smallest absolute Gasteiger partial charge is 0.319 e. The molecule has 0 fully saturated rings. The van der Waals surface area contributed by atoms with E-state index in [0.717, 1.165) is 27.8 Å².